The van der Waals surface area contributed by atoms with Gasteiger partial charge in [0.05, 0.1) is 5.69 Å². The molecule has 116 valence electrons. The minimum Gasteiger partial charge on any atom is -0.302 e. The van der Waals surface area contributed by atoms with E-state index >= 15 is 0 Å². The Morgan fingerprint density at radius 3 is 2.73 bits per heavy atom. The lowest BCUT2D eigenvalue weighted by molar-refractivity contribution is -0.120. The molecule has 0 unspecified atom stereocenters. The van der Waals surface area contributed by atoms with Crippen molar-refractivity contribution in [3.8, 4) is 11.3 Å². The normalized spacial score (nSPS) is 15.7. The maximum atomic E-state index is 13.7. The van der Waals surface area contributed by atoms with Crippen molar-refractivity contribution in [1.29, 1.82) is 0 Å². The molecule has 1 amide bonds. The van der Waals surface area contributed by atoms with Gasteiger partial charge in [-0.05, 0) is 25.0 Å². The van der Waals surface area contributed by atoms with Crippen LogP contribution in [-0.2, 0) is 4.79 Å². The van der Waals surface area contributed by atoms with Gasteiger partial charge in [0, 0.05) is 22.9 Å². The number of carbonyl (C=O) groups excluding carboxylic acids is 1. The monoisotopic (exact) mass is 322 g/mol. The van der Waals surface area contributed by atoms with Gasteiger partial charge in [0.25, 0.3) is 0 Å². The van der Waals surface area contributed by atoms with E-state index in [1.54, 1.807) is 5.38 Å². The summed E-state index contributed by atoms with van der Waals surface area (Å²) >= 11 is 1.25. The standard InChI is InChI=1S/C16H16F2N2OS/c17-11-6-7-12(13(18)8-11)14-9-22-16(19-14)20-15(21)10-4-2-1-3-5-10/h6-10H,1-5H2,(H,19,20,21). The Hall–Kier alpha value is -1.82. The zero-order chi connectivity index (χ0) is 15.5. The fourth-order valence-corrected chi connectivity index (χ4v) is 3.44. The predicted octanol–water partition coefficient (Wildman–Crippen LogP) is 4.61. The molecule has 2 aromatic rings. The number of benzene rings is 1. The molecule has 1 saturated carbocycles. The van der Waals surface area contributed by atoms with Gasteiger partial charge in [-0.1, -0.05) is 19.3 Å². The van der Waals surface area contributed by atoms with Crippen LogP contribution in [0.3, 0.4) is 0 Å². The highest BCUT2D eigenvalue weighted by Crippen LogP contribution is 2.29. The first-order chi connectivity index (χ1) is 10.6. The third kappa shape index (κ3) is 3.32. The van der Waals surface area contributed by atoms with Crippen LogP contribution < -0.4 is 5.32 Å². The van der Waals surface area contributed by atoms with Crippen LogP contribution >= 0.6 is 11.3 Å². The number of hydrogen-bond acceptors (Lipinski definition) is 3. The van der Waals surface area contributed by atoms with Crippen LogP contribution in [0.1, 0.15) is 32.1 Å². The quantitative estimate of drug-likeness (QED) is 0.897. The molecule has 1 aromatic carbocycles. The number of anilines is 1. The SMILES string of the molecule is O=C(Nc1nc(-c2ccc(F)cc2F)cs1)C1CCCCC1. The van der Waals surface area contributed by atoms with E-state index in [4.69, 9.17) is 0 Å². The molecule has 0 saturated heterocycles. The summed E-state index contributed by atoms with van der Waals surface area (Å²) in [5.41, 5.74) is 0.636. The molecule has 3 nitrogen and oxygen atoms in total. The maximum Gasteiger partial charge on any atom is 0.229 e. The molecule has 1 fully saturated rings. The molecule has 22 heavy (non-hydrogen) atoms. The summed E-state index contributed by atoms with van der Waals surface area (Å²) in [4.78, 5) is 16.4. The van der Waals surface area contributed by atoms with Crippen LogP contribution in [0.25, 0.3) is 11.3 Å². The van der Waals surface area contributed by atoms with E-state index < -0.39 is 11.6 Å². The van der Waals surface area contributed by atoms with Crippen molar-refractivity contribution in [3.05, 3.63) is 35.2 Å². The predicted molar refractivity (Wildman–Crippen MR) is 82.7 cm³/mol. The van der Waals surface area contributed by atoms with Crippen molar-refractivity contribution in [2.45, 2.75) is 32.1 Å². The van der Waals surface area contributed by atoms with Crippen LogP contribution in [0.5, 0.6) is 0 Å². The van der Waals surface area contributed by atoms with Gasteiger partial charge < -0.3 is 5.32 Å². The van der Waals surface area contributed by atoms with E-state index in [-0.39, 0.29) is 17.4 Å². The highest BCUT2D eigenvalue weighted by Gasteiger charge is 2.22. The van der Waals surface area contributed by atoms with Crippen molar-refractivity contribution in [2.75, 3.05) is 5.32 Å². The molecule has 6 heteroatoms. The van der Waals surface area contributed by atoms with Crippen molar-refractivity contribution in [3.63, 3.8) is 0 Å². The van der Waals surface area contributed by atoms with Gasteiger partial charge in [0.1, 0.15) is 11.6 Å². The lowest BCUT2D eigenvalue weighted by Gasteiger charge is -2.19. The summed E-state index contributed by atoms with van der Waals surface area (Å²) < 4.78 is 26.7. The van der Waals surface area contributed by atoms with Crippen LogP contribution in [-0.4, -0.2) is 10.9 Å². The van der Waals surface area contributed by atoms with Crippen molar-refractivity contribution >= 4 is 22.4 Å². The topological polar surface area (TPSA) is 42.0 Å². The van der Waals surface area contributed by atoms with Crippen LogP contribution in [0.15, 0.2) is 23.6 Å². The van der Waals surface area contributed by atoms with Crippen molar-refractivity contribution < 1.29 is 13.6 Å². The summed E-state index contributed by atoms with van der Waals surface area (Å²) in [6.07, 6.45) is 5.19. The number of rotatable bonds is 3. The molecule has 0 spiro atoms. The average molecular weight is 322 g/mol. The van der Waals surface area contributed by atoms with Gasteiger partial charge >= 0.3 is 0 Å². The number of nitrogens with zero attached hydrogens (tertiary/aromatic N) is 1. The fraction of sp³-hybridized carbons (Fsp3) is 0.375. The highest BCUT2D eigenvalue weighted by molar-refractivity contribution is 7.14. The van der Waals surface area contributed by atoms with Gasteiger partial charge in [-0.3, -0.25) is 4.79 Å². The second kappa shape index (κ2) is 6.52. The minimum atomic E-state index is -0.657. The van der Waals surface area contributed by atoms with Crippen LogP contribution in [0, 0.1) is 17.6 Å². The molecule has 0 atom stereocenters. The zero-order valence-electron chi connectivity index (χ0n) is 11.9. The van der Waals surface area contributed by atoms with Gasteiger partial charge in [0.2, 0.25) is 5.91 Å². The fourth-order valence-electron chi connectivity index (χ4n) is 2.72. The Kier molecular flexibility index (Phi) is 4.47. The molecule has 1 aliphatic carbocycles. The van der Waals surface area contributed by atoms with Crippen molar-refractivity contribution in [2.24, 2.45) is 5.92 Å². The first-order valence-corrected chi connectivity index (χ1v) is 8.23. The van der Waals surface area contributed by atoms with Gasteiger partial charge in [-0.25, -0.2) is 13.8 Å². The van der Waals surface area contributed by atoms with E-state index in [1.165, 1.54) is 29.9 Å². The van der Waals surface area contributed by atoms with E-state index in [0.29, 0.717) is 10.8 Å². The smallest absolute Gasteiger partial charge is 0.229 e. The summed E-state index contributed by atoms with van der Waals surface area (Å²) in [6.45, 7) is 0. The number of nitrogens with one attached hydrogen (secondary N) is 1. The molecule has 1 N–H and O–H groups in total. The largest absolute Gasteiger partial charge is 0.302 e. The second-order valence-electron chi connectivity index (χ2n) is 5.49. The van der Waals surface area contributed by atoms with E-state index in [1.807, 2.05) is 0 Å². The molecular weight excluding hydrogens is 306 g/mol. The molecule has 0 bridgehead atoms. The van der Waals surface area contributed by atoms with Gasteiger partial charge in [-0.2, -0.15) is 0 Å². The minimum absolute atomic E-state index is 0.0137. The average Bonchev–Trinajstić information content (AvgIpc) is 2.96. The number of aromatic nitrogens is 1. The Bertz CT molecular complexity index is 681. The van der Waals surface area contributed by atoms with Crippen molar-refractivity contribution in [1.82, 2.24) is 4.98 Å². The molecule has 1 aliphatic rings. The summed E-state index contributed by atoms with van der Waals surface area (Å²) in [5.74, 6) is -1.25. The maximum absolute atomic E-state index is 13.7. The number of carbonyl (C=O) groups is 1. The van der Waals surface area contributed by atoms with Gasteiger partial charge in [0.15, 0.2) is 5.13 Å². The van der Waals surface area contributed by atoms with E-state index in [2.05, 4.69) is 10.3 Å². The molecular formula is C16H16F2N2OS. The van der Waals surface area contributed by atoms with Crippen LogP contribution in [0.2, 0.25) is 0 Å². The first kappa shape index (κ1) is 15.1. The number of hydrogen-bond donors (Lipinski definition) is 1. The molecule has 0 radical (unpaired) electrons. The molecule has 0 aliphatic heterocycles. The molecule has 1 aromatic heterocycles. The lowest BCUT2D eigenvalue weighted by atomic mass is 9.89. The Morgan fingerprint density at radius 1 is 1.23 bits per heavy atom. The van der Waals surface area contributed by atoms with Crippen LogP contribution in [0.4, 0.5) is 13.9 Å². The summed E-state index contributed by atoms with van der Waals surface area (Å²) in [7, 11) is 0. The second-order valence-corrected chi connectivity index (χ2v) is 6.34. The zero-order valence-corrected chi connectivity index (χ0v) is 12.8. The Morgan fingerprint density at radius 2 is 2.00 bits per heavy atom. The molecule has 1 heterocycles. The highest BCUT2D eigenvalue weighted by atomic mass is 32.1. The van der Waals surface area contributed by atoms with Gasteiger partial charge in [-0.15, -0.1) is 11.3 Å². The first-order valence-electron chi connectivity index (χ1n) is 7.35. The molecule has 3 rings (SSSR count). The third-order valence-electron chi connectivity index (χ3n) is 3.92. The third-order valence-corrected chi connectivity index (χ3v) is 4.68. The Balaban J connectivity index is 1.72. The van der Waals surface area contributed by atoms with E-state index in [0.717, 1.165) is 31.7 Å². The summed E-state index contributed by atoms with van der Waals surface area (Å²) in [5, 5.41) is 4.92. The number of halogens is 2. The Labute approximate surface area is 131 Å². The number of thiazole rings is 1. The number of amides is 1. The van der Waals surface area contributed by atoms with E-state index in [9.17, 15) is 13.6 Å². The lowest BCUT2D eigenvalue weighted by Crippen LogP contribution is -2.24. The summed E-state index contributed by atoms with van der Waals surface area (Å²) in [6, 6.07) is 3.37.